The van der Waals surface area contributed by atoms with E-state index in [-0.39, 0.29) is 11.1 Å². The molecule has 0 radical (unpaired) electrons. The van der Waals surface area contributed by atoms with Crippen LogP contribution in [-0.2, 0) is 12.8 Å². The van der Waals surface area contributed by atoms with E-state index in [4.69, 9.17) is 0 Å². The van der Waals surface area contributed by atoms with Crippen molar-refractivity contribution in [3.8, 4) is 0 Å². The quantitative estimate of drug-likeness (QED) is 0.869. The van der Waals surface area contributed by atoms with Gasteiger partial charge < -0.3 is 10.2 Å². The third-order valence-electron chi connectivity index (χ3n) is 4.81. The lowest BCUT2D eigenvalue weighted by Gasteiger charge is -2.26. The number of hydrogen-bond acceptors (Lipinski definition) is 2. The van der Waals surface area contributed by atoms with Crippen molar-refractivity contribution in [1.29, 1.82) is 0 Å². The molecule has 0 saturated heterocycles. The Bertz CT molecular complexity index is 568. The minimum atomic E-state index is -1.03. The number of carboxylic acids is 2. The topological polar surface area (TPSA) is 74.6 Å². The van der Waals surface area contributed by atoms with Gasteiger partial charge in [0.1, 0.15) is 0 Å². The highest BCUT2D eigenvalue weighted by atomic mass is 16.4. The standard InChI is InChI=1S/C16H18O4/c17-15(18)12-6-5-11-7-9-1-3-10(4-2-9)8-13(12)14(11)16(19)20/h5-6,9-10H,1-4,7-8H2,(H,17,18)(H,19,20). The first-order chi connectivity index (χ1) is 9.56. The first-order valence-corrected chi connectivity index (χ1v) is 7.17. The van der Waals surface area contributed by atoms with Crippen LogP contribution in [0.25, 0.3) is 0 Å². The zero-order valence-corrected chi connectivity index (χ0v) is 11.3. The molecule has 0 aromatic heterocycles. The van der Waals surface area contributed by atoms with Gasteiger partial charge in [-0.2, -0.15) is 0 Å². The summed E-state index contributed by atoms with van der Waals surface area (Å²) in [7, 11) is 0. The number of carboxylic acid groups (broad SMARTS) is 2. The van der Waals surface area contributed by atoms with Gasteiger partial charge in [-0.3, -0.25) is 0 Å². The molecular weight excluding hydrogens is 256 g/mol. The fourth-order valence-corrected chi connectivity index (χ4v) is 3.78. The number of aromatic carboxylic acids is 2. The second kappa shape index (κ2) is 4.93. The molecule has 1 saturated carbocycles. The van der Waals surface area contributed by atoms with Gasteiger partial charge >= 0.3 is 11.9 Å². The Morgan fingerprint density at radius 2 is 1.50 bits per heavy atom. The lowest BCUT2D eigenvalue weighted by molar-refractivity contribution is 0.0694. The minimum Gasteiger partial charge on any atom is -0.478 e. The summed E-state index contributed by atoms with van der Waals surface area (Å²) in [6.45, 7) is 0. The summed E-state index contributed by atoms with van der Waals surface area (Å²) in [5.74, 6) is -1.04. The molecule has 3 aliphatic carbocycles. The third-order valence-corrected chi connectivity index (χ3v) is 4.81. The molecule has 4 rings (SSSR count). The summed E-state index contributed by atoms with van der Waals surface area (Å²) in [6, 6.07) is 3.29. The lowest BCUT2D eigenvalue weighted by Crippen LogP contribution is -2.17. The van der Waals surface area contributed by atoms with E-state index in [1.807, 2.05) is 0 Å². The van der Waals surface area contributed by atoms with E-state index in [0.717, 1.165) is 37.7 Å². The summed E-state index contributed by atoms with van der Waals surface area (Å²) >= 11 is 0. The smallest absolute Gasteiger partial charge is 0.336 e. The van der Waals surface area contributed by atoms with Gasteiger partial charge in [0.25, 0.3) is 0 Å². The number of hydrogen-bond donors (Lipinski definition) is 2. The molecule has 1 fully saturated rings. The Morgan fingerprint density at radius 1 is 0.900 bits per heavy atom. The van der Waals surface area contributed by atoms with E-state index in [1.54, 1.807) is 12.1 Å². The molecule has 0 aliphatic heterocycles. The molecule has 0 spiro atoms. The third kappa shape index (κ3) is 2.19. The second-order valence-electron chi connectivity index (χ2n) is 6.03. The van der Waals surface area contributed by atoms with Gasteiger partial charge in [-0.1, -0.05) is 6.07 Å². The van der Waals surface area contributed by atoms with Crippen LogP contribution in [0.15, 0.2) is 12.1 Å². The van der Waals surface area contributed by atoms with E-state index >= 15 is 0 Å². The van der Waals surface area contributed by atoms with Crippen molar-refractivity contribution in [3.05, 3.63) is 34.4 Å². The van der Waals surface area contributed by atoms with Crippen LogP contribution in [0.2, 0.25) is 0 Å². The van der Waals surface area contributed by atoms with Gasteiger partial charge in [-0.05, 0) is 67.6 Å². The van der Waals surface area contributed by atoms with Crippen LogP contribution in [0.3, 0.4) is 0 Å². The molecule has 0 unspecified atom stereocenters. The number of carbonyl (C=O) groups is 2. The average molecular weight is 274 g/mol. The van der Waals surface area contributed by atoms with E-state index < -0.39 is 11.9 Å². The maximum Gasteiger partial charge on any atom is 0.336 e. The maximum atomic E-state index is 11.6. The zero-order valence-electron chi connectivity index (χ0n) is 11.3. The van der Waals surface area contributed by atoms with E-state index in [0.29, 0.717) is 23.8 Å². The normalized spacial score (nSPS) is 24.6. The van der Waals surface area contributed by atoms with Crippen molar-refractivity contribution >= 4 is 11.9 Å². The van der Waals surface area contributed by atoms with Crippen molar-refractivity contribution < 1.29 is 19.8 Å². The predicted octanol–water partition coefficient (Wildman–Crippen LogP) is 2.99. The van der Waals surface area contributed by atoms with Crippen LogP contribution in [0.5, 0.6) is 0 Å². The number of rotatable bonds is 2. The van der Waals surface area contributed by atoms with E-state index in [9.17, 15) is 19.8 Å². The van der Waals surface area contributed by atoms with Crippen molar-refractivity contribution in [2.75, 3.05) is 0 Å². The summed E-state index contributed by atoms with van der Waals surface area (Å²) in [5.41, 5.74) is 1.76. The fraction of sp³-hybridized carbons (Fsp3) is 0.500. The average Bonchev–Trinajstić information content (AvgIpc) is 2.47. The fourth-order valence-electron chi connectivity index (χ4n) is 3.78. The van der Waals surface area contributed by atoms with Crippen LogP contribution in [0.1, 0.15) is 57.5 Å². The summed E-state index contributed by atoms with van der Waals surface area (Å²) in [5, 5.41) is 18.9. The van der Waals surface area contributed by atoms with Crippen molar-refractivity contribution in [2.24, 2.45) is 11.8 Å². The van der Waals surface area contributed by atoms with Gasteiger partial charge in [0.15, 0.2) is 0 Å². The summed E-state index contributed by atoms with van der Waals surface area (Å²) in [6.07, 6.45) is 5.78. The van der Waals surface area contributed by atoms with E-state index in [2.05, 4.69) is 0 Å². The molecule has 0 amide bonds. The van der Waals surface area contributed by atoms with Gasteiger partial charge in [0.05, 0.1) is 11.1 Å². The molecule has 4 heteroatoms. The van der Waals surface area contributed by atoms with Gasteiger partial charge in [-0.25, -0.2) is 9.59 Å². The molecule has 20 heavy (non-hydrogen) atoms. The minimum absolute atomic E-state index is 0.163. The predicted molar refractivity (Wildman–Crippen MR) is 73.2 cm³/mol. The van der Waals surface area contributed by atoms with Gasteiger partial charge in [0, 0.05) is 0 Å². The molecule has 1 aromatic carbocycles. The molecule has 106 valence electrons. The van der Waals surface area contributed by atoms with E-state index in [1.165, 1.54) is 0 Å². The summed E-state index contributed by atoms with van der Waals surface area (Å²) in [4.78, 5) is 23.0. The highest BCUT2D eigenvalue weighted by Gasteiger charge is 2.30. The number of benzene rings is 1. The Hall–Kier alpha value is -1.84. The van der Waals surface area contributed by atoms with Crippen molar-refractivity contribution in [3.63, 3.8) is 0 Å². The second-order valence-corrected chi connectivity index (χ2v) is 6.03. The number of fused-ring (bicyclic) bond motifs is 2. The van der Waals surface area contributed by atoms with Crippen molar-refractivity contribution in [2.45, 2.75) is 38.5 Å². The highest BCUT2D eigenvalue weighted by molar-refractivity contribution is 5.97. The van der Waals surface area contributed by atoms with Crippen LogP contribution < -0.4 is 0 Å². The first kappa shape index (κ1) is 13.2. The lowest BCUT2D eigenvalue weighted by atomic mass is 9.79. The van der Waals surface area contributed by atoms with Gasteiger partial charge in [0.2, 0.25) is 0 Å². The van der Waals surface area contributed by atoms with Crippen LogP contribution in [-0.4, -0.2) is 22.2 Å². The van der Waals surface area contributed by atoms with Crippen LogP contribution in [0.4, 0.5) is 0 Å². The van der Waals surface area contributed by atoms with Crippen LogP contribution in [0, 0.1) is 11.8 Å². The molecule has 2 N–H and O–H groups in total. The van der Waals surface area contributed by atoms with Crippen LogP contribution >= 0.6 is 0 Å². The highest BCUT2D eigenvalue weighted by Crippen LogP contribution is 2.38. The molecule has 0 atom stereocenters. The molecule has 1 aromatic rings. The molecule has 4 bridgehead atoms. The molecule has 3 aliphatic rings. The Labute approximate surface area is 117 Å². The monoisotopic (exact) mass is 274 g/mol. The Morgan fingerprint density at radius 3 is 2.05 bits per heavy atom. The van der Waals surface area contributed by atoms with Gasteiger partial charge in [-0.15, -0.1) is 0 Å². The SMILES string of the molecule is O=C(O)c1ccc2c(C(=O)O)c1CC1CCC(CC1)C2. The molecule has 0 heterocycles. The molecule has 4 nitrogen and oxygen atoms in total. The summed E-state index contributed by atoms with van der Waals surface area (Å²) < 4.78 is 0. The maximum absolute atomic E-state index is 11.6. The Kier molecular flexibility index (Phi) is 3.24. The largest absolute Gasteiger partial charge is 0.478 e. The van der Waals surface area contributed by atoms with Crippen molar-refractivity contribution in [1.82, 2.24) is 0 Å². The Balaban J connectivity index is 2.20. The zero-order chi connectivity index (χ0) is 14.3. The molecular formula is C16H18O4. The first-order valence-electron chi connectivity index (χ1n) is 7.17.